The van der Waals surface area contributed by atoms with E-state index < -0.39 is 57.0 Å². The molecule has 16 nitrogen and oxygen atoms in total. The van der Waals surface area contributed by atoms with Gasteiger partial charge in [0, 0.05) is 49.6 Å². The Hall–Kier alpha value is -0.0709. The fourth-order valence-electron chi connectivity index (χ4n) is 8.30. The van der Waals surface area contributed by atoms with Crippen LogP contribution in [0.25, 0.3) is 0 Å². The first-order chi connectivity index (χ1) is 27.4. The molecular weight excluding hydrogens is 910 g/mol. The van der Waals surface area contributed by atoms with Crippen LogP contribution in [0.3, 0.4) is 0 Å². The van der Waals surface area contributed by atoms with Crippen LogP contribution >= 0.6 is 12.0 Å². The van der Waals surface area contributed by atoms with Crippen LogP contribution in [0.2, 0.25) is 0 Å². The van der Waals surface area contributed by atoms with E-state index in [0.717, 1.165) is 34.5 Å². The molecule has 0 spiro atoms. The summed E-state index contributed by atoms with van der Waals surface area (Å²) in [5.41, 5.74) is 4.81. The van der Waals surface area contributed by atoms with Crippen molar-refractivity contribution < 1.29 is 216 Å². The van der Waals surface area contributed by atoms with Crippen LogP contribution in [0.1, 0.15) is 58.6 Å². The molecule has 0 unspecified atom stereocenters. The average molecular weight is 953 g/mol. The number of benzene rings is 2. The quantitative estimate of drug-likeness (QED) is 0.0511. The minimum absolute atomic E-state index is 0. The third-order valence-corrected chi connectivity index (χ3v) is 12.4. The second-order valence-electron chi connectivity index (χ2n) is 15.2. The maximum Gasteiger partial charge on any atom is 1.00 e. The molecule has 3 heterocycles. The normalized spacial score (nSPS) is 20.3. The maximum absolute atomic E-state index is 12.6. The minimum atomic E-state index is -4.78. The molecule has 2 fully saturated rings. The van der Waals surface area contributed by atoms with Gasteiger partial charge in [0.25, 0.3) is 0 Å². The zero-order valence-corrected chi connectivity index (χ0v) is 46.6. The number of aliphatic carboxylic acids is 2. The van der Waals surface area contributed by atoms with E-state index in [4.69, 9.17) is 4.74 Å². The van der Waals surface area contributed by atoms with Crippen molar-refractivity contribution in [2.24, 2.45) is 0 Å². The van der Waals surface area contributed by atoms with Crippen LogP contribution in [0.5, 0.6) is 0 Å². The van der Waals surface area contributed by atoms with Crippen molar-refractivity contribution >= 4 is 57.3 Å². The molecule has 310 valence electrons. The molecular formula is C40H43K3N4O12S2. The van der Waals surface area contributed by atoms with E-state index in [1.54, 1.807) is 33.8 Å². The van der Waals surface area contributed by atoms with E-state index >= 15 is 0 Å². The summed E-state index contributed by atoms with van der Waals surface area (Å²) >= 11 is 0.735. The predicted molar refractivity (Wildman–Crippen MR) is 205 cm³/mol. The number of nitrogens with zero attached hydrogens (tertiary/aromatic N) is 4. The van der Waals surface area contributed by atoms with Crippen molar-refractivity contribution in [3.05, 3.63) is 94.4 Å². The summed E-state index contributed by atoms with van der Waals surface area (Å²) in [7, 11) is -4.78. The number of anilines is 2. The Morgan fingerprint density at radius 2 is 1.30 bits per heavy atom. The maximum atomic E-state index is 12.6. The van der Waals surface area contributed by atoms with Crippen LogP contribution in [0, 0.1) is 0 Å². The summed E-state index contributed by atoms with van der Waals surface area (Å²) in [6.45, 7) is 10.4. The largest absolute Gasteiger partial charge is 1.00 e. The van der Waals surface area contributed by atoms with Gasteiger partial charge in [-0.3, -0.25) is 9.94 Å². The summed E-state index contributed by atoms with van der Waals surface area (Å²) in [5.74, 6) is -2.62. The SMILES string of the molecule is CCOC(=O)N1CC[N+](=C2/C(=C/C=C3/N(CC(=O)[O-])c4ccc(SOO[O-])cc4C3(C)C)CC/C2=C\C=C2\N(CC(=O)[O-])c3ccc(S(=O)(=O)[O-])cc3C2(C)C)CC1.[K+].[K+].[K+]. The topological polar surface area (TPSA) is 218 Å². The molecule has 0 atom stereocenters. The molecule has 3 aliphatic heterocycles. The zero-order chi connectivity index (χ0) is 42.2. The van der Waals surface area contributed by atoms with E-state index in [-0.39, 0.29) is 161 Å². The number of fused-ring (bicyclic) bond motifs is 2. The van der Waals surface area contributed by atoms with Crippen molar-refractivity contribution in [3.8, 4) is 0 Å². The third-order valence-electron chi connectivity index (χ3n) is 11.0. The van der Waals surface area contributed by atoms with Gasteiger partial charge in [0.1, 0.15) is 10.1 Å². The molecule has 1 amide bonds. The van der Waals surface area contributed by atoms with Crippen LogP contribution in [-0.2, 0) is 44.6 Å². The van der Waals surface area contributed by atoms with Gasteiger partial charge < -0.3 is 44.1 Å². The Bertz CT molecular complexity index is 2300. The van der Waals surface area contributed by atoms with Gasteiger partial charge in [-0.05, 0) is 79.4 Å². The number of carbonyl (C=O) groups is 3. The fraction of sp³-hybridized carbons (Fsp3) is 0.400. The van der Waals surface area contributed by atoms with Gasteiger partial charge in [-0.25, -0.2) is 17.8 Å². The van der Waals surface area contributed by atoms with E-state index in [0.29, 0.717) is 72.2 Å². The van der Waals surface area contributed by atoms with Crippen molar-refractivity contribution in [3.63, 3.8) is 0 Å². The Kier molecular flexibility index (Phi) is 20.9. The third kappa shape index (κ3) is 12.3. The molecule has 0 radical (unpaired) electrons. The van der Waals surface area contributed by atoms with E-state index in [9.17, 15) is 42.8 Å². The summed E-state index contributed by atoms with van der Waals surface area (Å²) in [5, 5.41) is 38.0. The van der Waals surface area contributed by atoms with Gasteiger partial charge in [0.05, 0.1) is 61.7 Å². The molecule has 0 aromatic heterocycles. The number of rotatable bonds is 11. The first kappa shape index (κ1) is 55.3. The standard InChI is InChI=1S/C40H46N4O12S2.3K/c1-6-54-38(49)42-19-17-41(18-20-42)37-25(9-15-33-39(2,3)29-21-27(57-56-55-50)11-13-31(29)43(33)23-35(45)46)7-8-26(37)10-16-34-40(4,5)30-22-28(58(51,52)53)12-14-32(30)44(34)24-36(47)48;;;/h9-16,21-22H,6-8,17-20,23-24H2,1-5H3,(H3-,45,46,47,48,50,51,52,53);;;/q;3*+1/p-3. The smallest absolute Gasteiger partial charge is 0.744 e. The second kappa shape index (κ2) is 23.1. The second-order valence-corrected chi connectivity index (χ2v) is 17.4. The van der Waals surface area contributed by atoms with Gasteiger partial charge in [0.15, 0.2) is 13.1 Å². The van der Waals surface area contributed by atoms with Gasteiger partial charge in [-0.1, -0.05) is 39.8 Å². The van der Waals surface area contributed by atoms with Crippen LogP contribution in [-0.4, -0.2) is 92.1 Å². The van der Waals surface area contributed by atoms with Crippen LogP contribution < -0.4 is 179 Å². The Morgan fingerprint density at radius 3 is 1.75 bits per heavy atom. The number of hydrogen-bond acceptors (Lipinski definition) is 15. The van der Waals surface area contributed by atoms with E-state index in [1.807, 2.05) is 58.1 Å². The molecule has 2 aromatic carbocycles. The summed E-state index contributed by atoms with van der Waals surface area (Å²) in [4.78, 5) is 41.7. The Balaban J connectivity index is 0.00000331. The summed E-state index contributed by atoms with van der Waals surface area (Å²) < 4.78 is 47.8. The molecule has 21 heteroatoms. The van der Waals surface area contributed by atoms with Crippen molar-refractivity contribution in [2.75, 3.05) is 55.7 Å². The van der Waals surface area contributed by atoms with Crippen LogP contribution in [0.15, 0.2) is 93.0 Å². The number of allylic oxidation sites excluding steroid dienone is 8. The van der Waals surface area contributed by atoms with E-state index in [2.05, 4.69) is 13.9 Å². The van der Waals surface area contributed by atoms with Gasteiger partial charge in [-0.2, -0.15) is 4.33 Å². The first-order valence-electron chi connectivity index (χ1n) is 18.6. The van der Waals surface area contributed by atoms with Crippen molar-refractivity contribution in [2.45, 2.75) is 68.1 Å². The number of carbonyl (C=O) groups excluding carboxylic acids is 3. The van der Waals surface area contributed by atoms with Gasteiger partial charge in [0.2, 0.25) is 5.71 Å². The summed E-state index contributed by atoms with van der Waals surface area (Å²) in [6.07, 6.45) is 8.40. The number of ether oxygens (including phenoxy) is 1. The zero-order valence-electron chi connectivity index (χ0n) is 35.6. The average Bonchev–Trinajstić information content (AvgIpc) is 3.72. The number of hydrogen-bond donors (Lipinski definition) is 0. The van der Waals surface area contributed by atoms with Gasteiger partial charge in [-0.15, -0.1) is 0 Å². The first-order valence-corrected chi connectivity index (χ1v) is 20.7. The van der Waals surface area contributed by atoms with Gasteiger partial charge >= 0.3 is 160 Å². The molecule has 4 aliphatic rings. The molecule has 1 saturated heterocycles. The van der Waals surface area contributed by atoms with Crippen molar-refractivity contribution in [1.29, 1.82) is 0 Å². The number of carboxylic acids is 2. The molecule has 0 bridgehead atoms. The molecule has 2 aromatic rings. The minimum Gasteiger partial charge on any atom is -0.744 e. The van der Waals surface area contributed by atoms with E-state index in [1.165, 1.54) is 18.2 Å². The van der Waals surface area contributed by atoms with Crippen molar-refractivity contribution in [1.82, 2.24) is 4.90 Å². The Morgan fingerprint density at radius 1 is 0.803 bits per heavy atom. The fourth-order valence-corrected chi connectivity index (χ4v) is 9.19. The predicted octanol–water partition coefficient (Wildman–Crippen LogP) is -7.43. The number of carboxylic acid groups (broad SMARTS) is 2. The summed E-state index contributed by atoms with van der Waals surface area (Å²) in [6, 6.07) is 9.15. The molecule has 1 saturated carbocycles. The molecule has 6 rings (SSSR count). The number of piperazine rings is 1. The van der Waals surface area contributed by atoms with Crippen LogP contribution in [0.4, 0.5) is 16.2 Å². The Labute approximate surface area is 487 Å². The number of amides is 1. The monoisotopic (exact) mass is 952 g/mol. The molecule has 1 aliphatic carbocycles. The molecule has 0 N–H and O–H groups in total. The molecule has 61 heavy (non-hydrogen) atoms.